The Kier molecular flexibility index (Phi) is 5.55. The minimum atomic E-state index is -3.65. The Balaban J connectivity index is 1.56. The average Bonchev–Trinajstić information content (AvgIpc) is 3.15. The Morgan fingerprint density at radius 1 is 1.00 bits per heavy atom. The van der Waals surface area contributed by atoms with Gasteiger partial charge in [0.05, 0.1) is 30.5 Å². The standard InChI is InChI=1S/C21H22N2O5S/c24-21(23(14-18-5-2-10-27-18)15-19-6-3-11-28-19)17-4-1-7-20(12-17)29(25,26)22-13-16-8-9-16/h1-7,10-12,16,22H,8-9,13-15H2. The van der Waals surface area contributed by atoms with E-state index in [9.17, 15) is 13.2 Å². The first-order valence-electron chi connectivity index (χ1n) is 9.45. The third kappa shape index (κ3) is 4.96. The Bertz CT molecular complexity index is 1020. The second kappa shape index (κ2) is 8.26. The van der Waals surface area contributed by atoms with Crippen LogP contribution in [0.3, 0.4) is 0 Å². The third-order valence-electron chi connectivity index (χ3n) is 4.79. The number of hydrogen-bond donors (Lipinski definition) is 1. The molecule has 152 valence electrons. The van der Waals surface area contributed by atoms with E-state index in [-0.39, 0.29) is 29.5 Å². The highest BCUT2D eigenvalue weighted by Gasteiger charge is 2.25. The summed E-state index contributed by atoms with van der Waals surface area (Å²) in [5, 5.41) is 0. The molecule has 0 spiro atoms. The summed E-state index contributed by atoms with van der Waals surface area (Å²) in [4.78, 5) is 14.8. The molecule has 7 nitrogen and oxygen atoms in total. The first-order valence-corrected chi connectivity index (χ1v) is 10.9. The van der Waals surface area contributed by atoms with Gasteiger partial charge in [0.15, 0.2) is 0 Å². The van der Waals surface area contributed by atoms with E-state index in [0.29, 0.717) is 24.0 Å². The lowest BCUT2D eigenvalue weighted by Gasteiger charge is -2.21. The molecule has 8 heteroatoms. The van der Waals surface area contributed by atoms with Crippen LogP contribution in [0.5, 0.6) is 0 Å². The van der Waals surface area contributed by atoms with E-state index in [1.807, 2.05) is 0 Å². The van der Waals surface area contributed by atoms with Crippen molar-refractivity contribution in [3.05, 3.63) is 78.1 Å². The molecule has 1 aliphatic rings. The van der Waals surface area contributed by atoms with Crippen LogP contribution in [0.4, 0.5) is 0 Å². The molecule has 0 saturated heterocycles. The van der Waals surface area contributed by atoms with Crippen LogP contribution in [0.25, 0.3) is 0 Å². The molecule has 1 aliphatic carbocycles. The van der Waals surface area contributed by atoms with E-state index in [4.69, 9.17) is 8.83 Å². The summed E-state index contributed by atoms with van der Waals surface area (Å²) in [6, 6.07) is 13.2. The Morgan fingerprint density at radius 3 is 2.21 bits per heavy atom. The molecule has 0 bridgehead atoms. The van der Waals surface area contributed by atoms with Gasteiger partial charge in [-0.1, -0.05) is 6.07 Å². The summed E-state index contributed by atoms with van der Waals surface area (Å²) in [6.45, 7) is 0.913. The van der Waals surface area contributed by atoms with E-state index in [1.165, 1.54) is 12.1 Å². The smallest absolute Gasteiger partial charge is 0.254 e. The highest BCUT2D eigenvalue weighted by molar-refractivity contribution is 7.89. The summed E-state index contributed by atoms with van der Waals surface area (Å²) in [6.07, 6.45) is 5.19. The molecular formula is C21H22N2O5S. The van der Waals surface area contributed by atoms with Gasteiger partial charge in [-0.3, -0.25) is 4.79 Å². The monoisotopic (exact) mass is 414 g/mol. The normalized spacial score (nSPS) is 14.1. The topological polar surface area (TPSA) is 92.8 Å². The van der Waals surface area contributed by atoms with Gasteiger partial charge in [-0.25, -0.2) is 13.1 Å². The van der Waals surface area contributed by atoms with E-state index in [0.717, 1.165) is 12.8 Å². The Morgan fingerprint density at radius 2 is 1.66 bits per heavy atom. The SMILES string of the molecule is O=C(c1cccc(S(=O)(=O)NCC2CC2)c1)N(Cc1ccco1)Cc1ccco1. The van der Waals surface area contributed by atoms with Gasteiger partial charge in [0.2, 0.25) is 10.0 Å². The number of carbonyl (C=O) groups is 1. The van der Waals surface area contributed by atoms with E-state index in [1.54, 1.807) is 53.8 Å². The minimum absolute atomic E-state index is 0.0833. The van der Waals surface area contributed by atoms with Crippen molar-refractivity contribution >= 4 is 15.9 Å². The molecule has 2 aromatic heterocycles. The van der Waals surface area contributed by atoms with Crippen LogP contribution in [0.2, 0.25) is 0 Å². The van der Waals surface area contributed by atoms with Crippen LogP contribution in [-0.2, 0) is 23.1 Å². The fourth-order valence-corrected chi connectivity index (χ4v) is 4.15. The lowest BCUT2D eigenvalue weighted by atomic mass is 10.2. The molecule has 0 radical (unpaired) electrons. The van der Waals surface area contributed by atoms with Crippen molar-refractivity contribution < 1.29 is 22.0 Å². The van der Waals surface area contributed by atoms with Gasteiger partial charge in [-0.05, 0) is 61.2 Å². The summed E-state index contributed by atoms with van der Waals surface area (Å²) < 4.78 is 38.5. The second-order valence-corrected chi connectivity index (χ2v) is 8.91. The summed E-state index contributed by atoms with van der Waals surface area (Å²) >= 11 is 0. The molecule has 0 unspecified atom stereocenters. The summed E-state index contributed by atoms with van der Waals surface area (Å²) in [5.74, 6) is 1.36. The number of carbonyl (C=O) groups excluding carboxylic acids is 1. The molecule has 4 rings (SSSR count). The zero-order valence-electron chi connectivity index (χ0n) is 15.8. The average molecular weight is 414 g/mol. The fraction of sp³-hybridized carbons (Fsp3) is 0.286. The van der Waals surface area contributed by atoms with E-state index >= 15 is 0 Å². The number of amides is 1. The van der Waals surface area contributed by atoms with Crippen molar-refractivity contribution in [2.45, 2.75) is 30.8 Å². The van der Waals surface area contributed by atoms with Crippen LogP contribution in [-0.4, -0.2) is 25.8 Å². The lowest BCUT2D eigenvalue weighted by Crippen LogP contribution is -2.30. The van der Waals surface area contributed by atoms with Crippen molar-refractivity contribution in [3.8, 4) is 0 Å². The molecule has 0 aliphatic heterocycles. The summed E-state index contributed by atoms with van der Waals surface area (Å²) in [7, 11) is -3.65. The highest BCUT2D eigenvalue weighted by atomic mass is 32.2. The molecule has 0 atom stereocenters. The van der Waals surface area contributed by atoms with E-state index in [2.05, 4.69) is 4.72 Å². The van der Waals surface area contributed by atoms with Gasteiger partial charge < -0.3 is 13.7 Å². The number of rotatable bonds is 9. The molecule has 2 heterocycles. The number of nitrogens with zero attached hydrogens (tertiary/aromatic N) is 1. The van der Waals surface area contributed by atoms with Gasteiger partial charge >= 0.3 is 0 Å². The number of benzene rings is 1. The van der Waals surface area contributed by atoms with Crippen LogP contribution in [0.15, 0.2) is 74.8 Å². The van der Waals surface area contributed by atoms with Gasteiger partial charge in [0.25, 0.3) is 5.91 Å². The van der Waals surface area contributed by atoms with Crippen molar-refractivity contribution in [1.82, 2.24) is 9.62 Å². The zero-order valence-corrected chi connectivity index (χ0v) is 16.6. The first-order chi connectivity index (χ1) is 14.0. The Hall–Kier alpha value is -2.84. The van der Waals surface area contributed by atoms with Crippen molar-refractivity contribution in [1.29, 1.82) is 0 Å². The maximum absolute atomic E-state index is 13.2. The number of hydrogen-bond acceptors (Lipinski definition) is 5. The van der Waals surface area contributed by atoms with Gasteiger partial charge in [0.1, 0.15) is 11.5 Å². The number of nitrogens with one attached hydrogen (secondary N) is 1. The van der Waals surface area contributed by atoms with Gasteiger partial charge in [-0.2, -0.15) is 0 Å². The van der Waals surface area contributed by atoms with Crippen LogP contribution >= 0.6 is 0 Å². The molecule has 3 aromatic rings. The minimum Gasteiger partial charge on any atom is -0.467 e. The fourth-order valence-electron chi connectivity index (χ4n) is 2.99. The molecule has 1 N–H and O–H groups in total. The summed E-state index contributed by atoms with van der Waals surface area (Å²) in [5.41, 5.74) is 0.289. The number of furan rings is 2. The van der Waals surface area contributed by atoms with Crippen molar-refractivity contribution in [2.24, 2.45) is 5.92 Å². The van der Waals surface area contributed by atoms with Gasteiger partial charge in [-0.15, -0.1) is 0 Å². The molecular weight excluding hydrogens is 392 g/mol. The molecule has 1 amide bonds. The molecule has 29 heavy (non-hydrogen) atoms. The van der Waals surface area contributed by atoms with Crippen LogP contribution in [0.1, 0.15) is 34.7 Å². The van der Waals surface area contributed by atoms with Crippen molar-refractivity contribution in [2.75, 3.05) is 6.54 Å². The first kappa shape index (κ1) is 19.5. The lowest BCUT2D eigenvalue weighted by molar-refractivity contribution is 0.0704. The Labute approximate surface area is 169 Å². The number of sulfonamides is 1. The predicted octanol–water partition coefficient (Wildman–Crippen LogP) is 3.40. The molecule has 1 saturated carbocycles. The quantitative estimate of drug-likeness (QED) is 0.579. The molecule has 1 aromatic carbocycles. The third-order valence-corrected chi connectivity index (χ3v) is 6.21. The van der Waals surface area contributed by atoms with E-state index < -0.39 is 10.0 Å². The van der Waals surface area contributed by atoms with Crippen molar-refractivity contribution in [3.63, 3.8) is 0 Å². The van der Waals surface area contributed by atoms with Gasteiger partial charge in [0, 0.05) is 12.1 Å². The highest BCUT2D eigenvalue weighted by Crippen LogP contribution is 2.28. The second-order valence-electron chi connectivity index (χ2n) is 7.14. The maximum atomic E-state index is 13.2. The largest absolute Gasteiger partial charge is 0.467 e. The predicted molar refractivity (Wildman–Crippen MR) is 105 cm³/mol. The van der Waals surface area contributed by atoms with Crippen LogP contribution < -0.4 is 4.72 Å². The zero-order chi connectivity index (χ0) is 20.3. The molecule has 1 fully saturated rings. The van der Waals surface area contributed by atoms with Crippen LogP contribution in [0, 0.1) is 5.92 Å². The maximum Gasteiger partial charge on any atom is 0.254 e.